The summed E-state index contributed by atoms with van der Waals surface area (Å²) in [6.07, 6.45) is 11.1. The van der Waals surface area contributed by atoms with Gasteiger partial charge in [0.15, 0.2) is 17.5 Å². The first-order valence-corrected chi connectivity index (χ1v) is 20.7. The second kappa shape index (κ2) is 21.3. The average molecular weight is 775 g/mol. The number of nitro groups is 1. The first-order valence-electron chi connectivity index (χ1n) is 20.7. The van der Waals surface area contributed by atoms with Gasteiger partial charge in [-0.25, -0.2) is 9.78 Å². The number of rotatable bonds is 20. The summed E-state index contributed by atoms with van der Waals surface area (Å²) in [5.41, 5.74) is 3.99. The van der Waals surface area contributed by atoms with E-state index in [0.29, 0.717) is 24.3 Å². The topological polar surface area (TPSA) is 124 Å². The van der Waals surface area contributed by atoms with Crippen LogP contribution in [0.2, 0.25) is 0 Å². The van der Waals surface area contributed by atoms with E-state index in [9.17, 15) is 19.7 Å². The van der Waals surface area contributed by atoms with Gasteiger partial charge in [0.05, 0.1) is 23.8 Å². The van der Waals surface area contributed by atoms with Crippen molar-refractivity contribution in [3.05, 3.63) is 123 Å². The largest absolute Gasteiger partial charge is 0.481 e. The van der Waals surface area contributed by atoms with Gasteiger partial charge in [-0.3, -0.25) is 14.9 Å². The van der Waals surface area contributed by atoms with Gasteiger partial charge in [-0.05, 0) is 82.8 Å². The van der Waals surface area contributed by atoms with Gasteiger partial charge in [-0.1, -0.05) is 111 Å². The highest BCUT2D eigenvalue weighted by Crippen LogP contribution is 2.42. The molecule has 0 N–H and O–H groups in total. The maximum absolute atomic E-state index is 14.0. The van der Waals surface area contributed by atoms with Gasteiger partial charge < -0.3 is 14.4 Å². The van der Waals surface area contributed by atoms with Gasteiger partial charge in [-0.2, -0.15) is 4.99 Å². The molecular formula is C47H58N4O6. The van der Waals surface area contributed by atoms with Crippen LogP contribution in [-0.2, 0) is 14.9 Å². The van der Waals surface area contributed by atoms with E-state index < -0.39 is 10.9 Å². The van der Waals surface area contributed by atoms with Crippen LogP contribution >= 0.6 is 0 Å². The first-order chi connectivity index (χ1) is 27.7. The third-order valence-electron chi connectivity index (χ3n) is 11.1. The molecule has 57 heavy (non-hydrogen) atoms. The van der Waals surface area contributed by atoms with Crippen molar-refractivity contribution in [1.29, 1.82) is 0 Å². The Hall–Kier alpha value is -5.22. The summed E-state index contributed by atoms with van der Waals surface area (Å²) in [6, 6.07) is 28.0. The van der Waals surface area contributed by atoms with E-state index in [1.54, 1.807) is 26.8 Å². The number of pyridine rings is 1. The summed E-state index contributed by atoms with van der Waals surface area (Å²) in [4.78, 5) is 50.4. The van der Waals surface area contributed by atoms with Gasteiger partial charge in [0.25, 0.3) is 5.69 Å². The Morgan fingerprint density at radius 1 is 0.789 bits per heavy atom. The van der Waals surface area contributed by atoms with Gasteiger partial charge in [-0.15, -0.1) is 0 Å². The lowest BCUT2D eigenvalue weighted by atomic mass is 9.68. The molecule has 0 amide bonds. The predicted octanol–water partition coefficient (Wildman–Crippen LogP) is 11.0. The number of likely N-dealkylation sites (tertiary alicyclic amines) is 1. The SMILES string of the molecule is CCOC(=O)c1c(N=C(C)OCC)nc(C)c(C(=O)CCCCCCCCCCN2CCC(c3ccccc3)(c3ccccc3)CC2)c1-c1cccc([N+](=O)[O-])c1. The summed E-state index contributed by atoms with van der Waals surface area (Å²) in [6.45, 7) is 10.7. The Labute approximate surface area is 337 Å². The highest BCUT2D eigenvalue weighted by Gasteiger charge is 2.37. The normalized spacial score (nSPS) is 14.3. The fourth-order valence-corrected chi connectivity index (χ4v) is 8.18. The molecule has 0 aliphatic carbocycles. The maximum Gasteiger partial charge on any atom is 0.342 e. The number of aromatic nitrogens is 1. The Morgan fingerprint density at radius 2 is 1.37 bits per heavy atom. The number of ether oxygens (including phenoxy) is 2. The van der Waals surface area contributed by atoms with Crippen molar-refractivity contribution in [3.63, 3.8) is 0 Å². The molecule has 0 bridgehead atoms. The lowest BCUT2D eigenvalue weighted by molar-refractivity contribution is -0.384. The number of nitro benzene ring substituents is 1. The Kier molecular flexibility index (Phi) is 16.1. The zero-order chi connectivity index (χ0) is 40.6. The molecule has 0 atom stereocenters. The Bertz CT molecular complexity index is 1930. The molecule has 1 aromatic heterocycles. The number of aliphatic imine (C=N–C) groups is 1. The number of esters is 1. The summed E-state index contributed by atoms with van der Waals surface area (Å²) in [5.74, 6) is -0.562. The first kappa shape index (κ1) is 42.9. The highest BCUT2D eigenvalue weighted by molar-refractivity contribution is 6.11. The summed E-state index contributed by atoms with van der Waals surface area (Å²) < 4.78 is 10.9. The van der Waals surface area contributed by atoms with E-state index in [1.165, 1.54) is 55.0 Å². The van der Waals surface area contributed by atoms with E-state index in [2.05, 4.69) is 75.5 Å². The number of nitrogens with zero attached hydrogens (tertiary/aromatic N) is 4. The molecule has 1 saturated heterocycles. The number of hydrogen-bond donors (Lipinski definition) is 0. The molecule has 0 radical (unpaired) electrons. The zero-order valence-corrected chi connectivity index (χ0v) is 34.1. The van der Waals surface area contributed by atoms with Crippen LogP contribution in [0.15, 0.2) is 89.9 Å². The molecule has 4 aromatic rings. The molecule has 1 fully saturated rings. The maximum atomic E-state index is 14.0. The van der Waals surface area contributed by atoms with Crippen molar-refractivity contribution in [2.45, 2.75) is 104 Å². The van der Waals surface area contributed by atoms with Crippen molar-refractivity contribution in [3.8, 4) is 11.1 Å². The van der Waals surface area contributed by atoms with Gasteiger partial charge in [0, 0.05) is 42.0 Å². The fraction of sp³-hybridized carbons (Fsp3) is 0.447. The second-order valence-electron chi connectivity index (χ2n) is 14.9. The molecule has 0 saturated carbocycles. The van der Waals surface area contributed by atoms with Gasteiger partial charge in [0.2, 0.25) is 0 Å². The fourth-order valence-electron chi connectivity index (χ4n) is 8.18. The van der Waals surface area contributed by atoms with E-state index >= 15 is 0 Å². The lowest BCUT2D eigenvalue weighted by Gasteiger charge is -2.43. The number of carbonyl (C=O) groups is 2. The molecule has 5 rings (SSSR count). The molecule has 2 heterocycles. The van der Waals surface area contributed by atoms with Crippen LogP contribution in [0.5, 0.6) is 0 Å². The average Bonchev–Trinajstić information content (AvgIpc) is 3.22. The van der Waals surface area contributed by atoms with Crippen molar-refractivity contribution >= 4 is 29.2 Å². The summed E-state index contributed by atoms with van der Waals surface area (Å²) in [7, 11) is 0. The van der Waals surface area contributed by atoms with E-state index in [-0.39, 0.29) is 58.3 Å². The Morgan fingerprint density at radius 3 is 1.95 bits per heavy atom. The number of ketones is 1. The van der Waals surface area contributed by atoms with Crippen LogP contribution in [-0.4, -0.2) is 65.3 Å². The smallest absolute Gasteiger partial charge is 0.342 e. The molecule has 10 nitrogen and oxygen atoms in total. The van der Waals surface area contributed by atoms with Crippen LogP contribution in [0.1, 0.15) is 129 Å². The minimum Gasteiger partial charge on any atom is -0.481 e. The van der Waals surface area contributed by atoms with Crippen molar-refractivity contribution in [2.24, 2.45) is 4.99 Å². The highest BCUT2D eigenvalue weighted by atomic mass is 16.6. The standard InChI is InChI=1S/C47H58N4O6/c1-5-56-36(4)49-45-44(46(53)57-6-2)43(37-22-21-27-40(34-37)51(54)55)42(35(3)48-45)41(52)28-19-11-9-7-8-10-12-20-31-50-32-29-47(30-33-50,38-23-15-13-16-24-38)39-25-17-14-18-26-39/h13-18,21-27,34H,5-12,19-20,28-33H2,1-4H3. The molecule has 0 unspecified atom stereocenters. The molecule has 3 aromatic carbocycles. The van der Waals surface area contributed by atoms with Crippen molar-refractivity contribution < 1.29 is 24.0 Å². The Balaban J connectivity index is 1.12. The summed E-state index contributed by atoms with van der Waals surface area (Å²) in [5, 5.41) is 11.7. The number of hydrogen-bond acceptors (Lipinski definition) is 9. The zero-order valence-electron chi connectivity index (χ0n) is 34.1. The van der Waals surface area contributed by atoms with Crippen LogP contribution in [0.4, 0.5) is 11.5 Å². The number of carbonyl (C=O) groups excluding carboxylic acids is 2. The summed E-state index contributed by atoms with van der Waals surface area (Å²) >= 11 is 0. The minimum absolute atomic E-state index is 0.0156. The molecule has 302 valence electrons. The van der Waals surface area contributed by atoms with Crippen LogP contribution in [0.25, 0.3) is 11.1 Å². The van der Waals surface area contributed by atoms with Crippen LogP contribution < -0.4 is 0 Å². The number of aryl methyl sites for hydroxylation is 1. The number of Topliss-reactive ketones (excluding diaryl/α,β-unsaturated/α-hetero) is 1. The van der Waals surface area contributed by atoms with Crippen LogP contribution in [0.3, 0.4) is 0 Å². The van der Waals surface area contributed by atoms with E-state index in [1.807, 2.05) is 6.92 Å². The lowest BCUT2D eigenvalue weighted by Crippen LogP contribution is -2.43. The molecule has 10 heteroatoms. The number of non-ortho nitro benzene ring substituents is 1. The molecule has 1 aliphatic heterocycles. The van der Waals surface area contributed by atoms with Gasteiger partial charge >= 0.3 is 5.97 Å². The van der Waals surface area contributed by atoms with E-state index in [4.69, 9.17) is 9.47 Å². The van der Waals surface area contributed by atoms with Crippen LogP contribution in [0, 0.1) is 17.0 Å². The quantitative estimate of drug-likeness (QED) is 0.0165. The van der Waals surface area contributed by atoms with Crippen molar-refractivity contribution in [2.75, 3.05) is 32.8 Å². The third kappa shape index (κ3) is 11.2. The minimum atomic E-state index is -0.715. The molecule has 1 aliphatic rings. The second-order valence-corrected chi connectivity index (χ2v) is 14.9. The van der Waals surface area contributed by atoms with Crippen molar-refractivity contribution in [1.82, 2.24) is 9.88 Å². The number of unbranched alkanes of at least 4 members (excludes halogenated alkanes) is 7. The number of benzene rings is 3. The van der Waals surface area contributed by atoms with Gasteiger partial charge in [0.1, 0.15) is 5.56 Å². The predicted molar refractivity (Wildman–Crippen MR) is 227 cm³/mol. The third-order valence-corrected chi connectivity index (χ3v) is 11.1. The van der Waals surface area contributed by atoms with E-state index in [0.717, 1.165) is 51.7 Å². The monoisotopic (exact) mass is 774 g/mol. The number of piperidine rings is 1. The molecule has 0 spiro atoms. The molecular weight excluding hydrogens is 717 g/mol.